The van der Waals surface area contributed by atoms with Crippen molar-refractivity contribution in [3.63, 3.8) is 0 Å². The van der Waals surface area contributed by atoms with Gasteiger partial charge in [-0.1, -0.05) is 5.92 Å². The predicted octanol–water partition coefficient (Wildman–Crippen LogP) is 2.51. The molecule has 0 aliphatic heterocycles. The molecule has 0 bridgehead atoms. The van der Waals surface area contributed by atoms with Crippen LogP contribution in [-0.2, 0) is 0 Å². The first kappa shape index (κ1) is 10.4. The fraction of sp³-hybridized carbons (Fsp3) is 0.0833. The number of benzene rings is 1. The number of aryl methyl sites for hydroxylation is 1. The minimum atomic E-state index is -1.01. The minimum Gasteiger partial charge on any atom is -0.508 e. The molecular formula is C12H7F2NO. The first-order valence-electron chi connectivity index (χ1n) is 4.49. The van der Waals surface area contributed by atoms with Crippen molar-refractivity contribution in [3.8, 4) is 18.1 Å². The highest BCUT2D eigenvalue weighted by molar-refractivity contribution is 5.91. The van der Waals surface area contributed by atoms with Gasteiger partial charge in [-0.3, -0.25) is 0 Å². The van der Waals surface area contributed by atoms with Crippen molar-refractivity contribution in [2.45, 2.75) is 6.92 Å². The van der Waals surface area contributed by atoms with Gasteiger partial charge in [-0.2, -0.15) is 13.8 Å². The summed E-state index contributed by atoms with van der Waals surface area (Å²) in [6.07, 6.45) is 5.16. The van der Waals surface area contributed by atoms with E-state index in [-0.39, 0.29) is 22.1 Å². The maximum Gasteiger partial charge on any atom is 0.231 e. The molecule has 80 valence electrons. The molecule has 2 aromatic rings. The monoisotopic (exact) mass is 219 g/mol. The highest BCUT2D eigenvalue weighted by Crippen LogP contribution is 2.29. The van der Waals surface area contributed by atoms with Crippen LogP contribution < -0.4 is 0 Å². The third-order valence-electron chi connectivity index (χ3n) is 2.34. The van der Waals surface area contributed by atoms with Crippen LogP contribution in [-0.4, -0.2) is 10.1 Å². The summed E-state index contributed by atoms with van der Waals surface area (Å²) < 4.78 is 26.7. The summed E-state index contributed by atoms with van der Waals surface area (Å²) in [4.78, 5) is 3.07. The van der Waals surface area contributed by atoms with Crippen molar-refractivity contribution >= 4 is 10.8 Å². The molecule has 16 heavy (non-hydrogen) atoms. The van der Waals surface area contributed by atoms with E-state index in [9.17, 15) is 13.9 Å². The average Bonchev–Trinajstić information content (AvgIpc) is 2.20. The van der Waals surface area contributed by atoms with Gasteiger partial charge < -0.3 is 5.11 Å². The van der Waals surface area contributed by atoms with Crippen molar-refractivity contribution in [1.82, 2.24) is 4.98 Å². The van der Waals surface area contributed by atoms with Gasteiger partial charge >= 0.3 is 0 Å². The molecule has 0 atom stereocenters. The van der Waals surface area contributed by atoms with Crippen molar-refractivity contribution < 1.29 is 13.9 Å². The van der Waals surface area contributed by atoms with Gasteiger partial charge in [0, 0.05) is 10.8 Å². The second-order valence-corrected chi connectivity index (χ2v) is 3.40. The smallest absolute Gasteiger partial charge is 0.231 e. The molecule has 0 radical (unpaired) electrons. The molecule has 0 spiro atoms. The molecule has 0 amide bonds. The molecule has 1 aromatic heterocycles. The van der Waals surface area contributed by atoms with Crippen LogP contribution in [0.3, 0.4) is 0 Å². The lowest BCUT2D eigenvalue weighted by Crippen LogP contribution is -1.97. The Bertz CT molecular complexity index is 629. The summed E-state index contributed by atoms with van der Waals surface area (Å²) in [5.41, 5.74) is 0.414. The molecule has 1 aromatic carbocycles. The van der Waals surface area contributed by atoms with Crippen molar-refractivity contribution in [2.75, 3.05) is 0 Å². The third-order valence-corrected chi connectivity index (χ3v) is 2.34. The SMILES string of the molecule is C#Cc1c(F)nc(F)c2cc(O)cc(C)c12. The number of aromatic hydroxyl groups is 1. The van der Waals surface area contributed by atoms with Crippen molar-refractivity contribution in [1.29, 1.82) is 0 Å². The molecule has 1 N–H and O–H groups in total. The van der Waals surface area contributed by atoms with Gasteiger partial charge in [0.25, 0.3) is 0 Å². The van der Waals surface area contributed by atoms with Crippen molar-refractivity contribution in [2.24, 2.45) is 0 Å². The van der Waals surface area contributed by atoms with E-state index in [1.165, 1.54) is 12.1 Å². The van der Waals surface area contributed by atoms with E-state index in [1.54, 1.807) is 6.92 Å². The number of halogens is 2. The maximum atomic E-state index is 13.4. The predicted molar refractivity (Wildman–Crippen MR) is 56.0 cm³/mol. The largest absolute Gasteiger partial charge is 0.508 e. The summed E-state index contributed by atoms with van der Waals surface area (Å²) >= 11 is 0. The van der Waals surface area contributed by atoms with Crippen LogP contribution in [0, 0.1) is 31.2 Å². The Morgan fingerprint density at radius 3 is 2.62 bits per heavy atom. The Balaban J connectivity index is 3.07. The summed E-state index contributed by atoms with van der Waals surface area (Å²) in [5, 5.41) is 9.62. The zero-order valence-corrected chi connectivity index (χ0v) is 8.38. The second kappa shape index (κ2) is 3.46. The molecule has 4 heteroatoms. The van der Waals surface area contributed by atoms with Gasteiger partial charge in [0.2, 0.25) is 11.9 Å². The Morgan fingerprint density at radius 1 is 1.31 bits per heavy atom. The zero-order valence-electron chi connectivity index (χ0n) is 8.38. The topological polar surface area (TPSA) is 33.1 Å². The molecule has 0 aliphatic rings. The van der Waals surface area contributed by atoms with Crippen LogP contribution in [0.15, 0.2) is 12.1 Å². The molecule has 2 nitrogen and oxygen atoms in total. The lowest BCUT2D eigenvalue weighted by molar-refractivity contribution is 0.474. The molecule has 0 unspecified atom stereocenters. The molecule has 0 aliphatic carbocycles. The lowest BCUT2D eigenvalue weighted by atomic mass is 10.0. The number of pyridine rings is 1. The quantitative estimate of drug-likeness (QED) is 0.545. The fourth-order valence-electron chi connectivity index (χ4n) is 1.70. The number of nitrogens with zero attached hydrogens (tertiary/aromatic N) is 1. The molecule has 1 heterocycles. The first-order chi connectivity index (χ1) is 7.54. The van der Waals surface area contributed by atoms with Gasteiger partial charge in [-0.15, -0.1) is 6.42 Å². The molecule has 2 rings (SSSR count). The zero-order chi connectivity index (χ0) is 11.9. The number of rotatable bonds is 0. The molecule has 0 saturated carbocycles. The van der Waals surface area contributed by atoms with Crippen LogP contribution in [0.5, 0.6) is 5.75 Å². The highest BCUT2D eigenvalue weighted by Gasteiger charge is 2.15. The summed E-state index contributed by atoms with van der Waals surface area (Å²) in [6, 6.07) is 2.56. The number of aromatic nitrogens is 1. The minimum absolute atomic E-state index is 0.0202. The van der Waals surface area contributed by atoms with E-state index in [0.29, 0.717) is 5.56 Å². The Kier molecular flexibility index (Phi) is 2.24. The van der Waals surface area contributed by atoms with Gasteiger partial charge in [0.1, 0.15) is 5.75 Å². The Morgan fingerprint density at radius 2 is 2.00 bits per heavy atom. The van der Waals surface area contributed by atoms with E-state index >= 15 is 0 Å². The number of fused-ring (bicyclic) bond motifs is 1. The number of phenolic OH excluding ortho intramolecular Hbond substituents is 1. The second-order valence-electron chi connectivity index (χ2n) is 3.40. The summed E-state index contributed by atoms with van der Waals surface area (Å²) in [6.45, 7) is 1.61. The van der Waals surface area contributed by atoms with E-state index in [1.807, 2.05) is 0 Å². The Labute approximate surface area is 90.6 Å². The van der Waals surface area contributed by atoms with Gasteiger partial charge in [-0.25, -0.2) is 0 Å². The highest BCUT2D eigenvalue weighted by atomic mass is 19.1. The number of phenols is 1. The maximum absolute atomic E-state index is 13.4. The lowest BCUT2D eigenvalue weighted by Gasteiger charge is -2.07. The number of terminal acetylenes is 1. The van der Waals surface area contributed by atoms with E-state index in [0.717, 1.165) is 0 Å². The summed E-state index contributed by atoms with van der Waals surface area (Å²) in [5.74, 6) is 0.0354. The molecule has 0 fully saturated rings. The van der Waals surface area contributed by atoms with E-state index < -0.39 is 11.9 Å². The standard InChI is InChI=1S/C12H7F2NO/c1-3-8-10-6(2)4-7(16)5-9(10)12(14)15-11(8)13/h1,4-5,16H,2H3. The van der Waals surface area contributed by atoms with Crippen LogP contribution in [0.2, 0.25) is 0 Å². The van der Waals surface area contributed by atoms with Crippen LogP contribution in [0.1, 0.15) is 11.1 Å². The van der Waals surface area contributed by atoms with E-state index in [2.05, 4.69) is 10.9 Å². The van der Waals surface area contributed by atoms with Gasteiger partial charge in [0.05, 0.1) is 5.56 Å². The first-order valence-corrected chi connectivity index (χ1v) is 4.49. The fourth-order valence-corrected chi connectivity index (χ4v) is 1.70. The third kappa shape index (κ3) is 1.38. The van der Waals surface area contributed by atoms with Gasteiger partial charge in [-0.05, 0) is 24.6 Å². The molecular weight excluding hydrogens is 212 g/mol. The normalized spacial score (nSPS) is 10.4. The number of hydrogen-bond acceptors (Lipinski definition) is 2. The van der Waals surface area contributed by atoms with Crippen LogP contribution >= 0.6 is 0 Å². The van der Waals surface area contributed by atoms with Crippen LogP contribution in [0.25, 0.3) is 10.8 Å². The number of hydrogen-bond donors (Lipinski definition) is 1. The average molecular weight is 219 g/mol. The summed E-state index contributed by atoms with van der Waals surface area (Å²) in [7, 11) is 0. The van der Waals surface area contributed by atoms with Crippen LogP contribution in [0.4, 0.5) is 8.78 Å². The Hall–Kier alpha value is -2.15. The van der Waals surface area contributed by atoms with Gasteiger partial charge in [0.15, 0.2) is 0 Å². The molecule has 0 saturated heterocycles. The van der Waals surface area contributed by atoms with E-state index in [4.69, 9.17) is 6.42 Å². The van der Waals surface area contributed by atoms with Crippen molar-refractivity contribution in [3.05, 3.63) is 35.2 Å².